The number of pyridine rings is 6. The van der Waals surface area contributed by atoms with Crippen molar-refractivity contribution >= 4 is 131 Å². The predicted molar refractivity (Wildman–Crippen MR) is 546 cm³/mol. The Morgan fingerprint density at radius 2 is 0.623 bits per heavy atom. The minimum Gasteiger partial charge on any atom is -0.497 e. The van der Waals surface area contributed by atoms with Gasteiger partial charge in [0.1, 0.15) is 57.5 Å². The highest BCUT2D eigenvalue weighted by Crippen LogP contribution is 2.35. The summed E-state index contributed by atoms with van der Waals surface area (Å²) >= 11 is 0. The SMILES string of the molecule is [2H]C([2H])([2H])Oc1ccc2nc(S(=O)C([2H])([2H])c3ncc(C)c(OC)c3C([2H])([2H])[2H])[nH]c2c1.[2H]C([2H])(c1ncc(C)c(OC)c1C)S(=O)c1nc2ccc(OC)cc2[nH]1.[2H]c1c(OC)c([2H])c2[nH]c(S(=O)C([2H])([2H])c3ncc(C)c(OC)c3C)nc2c1[2H].[2H]c1c(OC)c([2H])c2[nH]c(S(=O)Cc3ncc(C)c(OC)c3C)nc2c1[2H].[2H]c1nc(C([2H])([2H])S(=O)c2nc3c([2H])c([2H])c([2H])c([2H])c3[nH]2)c(C([2H])([2H])[2H])c(OC([2H])([2H])C(F)(F)F)c1[2H].[2H]c1nc(CS(=O)c2nc3c([2H])c([2H])c([2H])c([2H])c3[nH]2)c(C([2H])([2H])[2H])c(OC([2H])([2H])C(F)(F)F)c1[2H]. The molecule has 12 heterocycles. The average molecular weight is 2160 g/mol. The van der Waals surface area contributed by atoms with Gasteiger partial charge in [-0.25, -0.2) is 29.9 Å². The minimum absolute atomic E-state index is 0.0103. The summed E-state index contributed by atoms with van der Waals surface area (Å²) in [7, 11) is -6.81. The molecule has 0 fully saturated rings. The van der Waals surface area contributed by atoms with Crippen LogP contribution in [0.5, 0.6) is 57.5 Å². The number of para-hydroxylation sites is 4. The Bertz CT molecular complexity index is 10100. The molecular weight excluding hydrogens is 2020 g/mol. The summed E-state index contributed by atoms with van der Waals surface area (Å²) in [6, 6.07) is 0.233. The Morgan fingerprint density at radius 1 is 0.322 bits per heavy atom. The first-order valence-electron chi connectivity index (χ1n) is 61.9. The van der Waals surface area contributed by atoms with Crippen molar-refractivity contribution in [3.63, 3.8) is 0 Å². The van der Waals surface area contributed by atoms with Crippen LogP contribution in [-0.4, -0.2) is 197 Å². The first kappa shape index (κ1) is 65.1. The van der Waals surface area contributed by atoms with Crippen LogP contribution in [0.15, 0.2) is 201 Å². The van der Waals surface area contributed by atoms with E-state index < -0.39 is 280 Å². The number of halogens is 6. The van der Waals surface area contributed by atoms with Crippen molar-refractivity contribution in [1.29, 1.82) is 0 Å². The van der Waals surface area contributed by atoms with Crippen LogP contribution < -0.4 is 47.4 Å². The highest BCUT2D eigenvalue weighted by molar-refractivity contribution is 7.85. The van der Waals surface area contributed by atoms with Crippen LogP contribution in [0.25, 0.3) is 66.2 Å². The third kappa shape index (κ3) is 27.4. The van der Waals surface area contributed by atoms with Gasteiger partial charge in [0.05, 0.1) is 291 Å². The molecule has 0 aliphatic heterocycles. The van der Waals surface area contributed by atoms with Gasteiger partial charge in [-0.2, -0.15) is 26.3 Å². The van der Waals surface area contributed by atoms with Gasteiger partial charge in [-0.05, 0) is 154 Å². The molecule has 6 unspecified atom stereocenters. The van der Waals surface area contributed by atoms with Gasteiger partial charge in [0.15, 0.2) is 44.1 Å². The van der Waals surface area contributed by atoms with E-state index in [9.17, 15) is 51.6 Å². The van der Waals surface area contributed by atoms with Crippen LogP contribution in [0.3, 0.4) is 0 Å². The van der Waals surface area contributed by atoms with E-state index in [1.54, 1.807) is 66.3 Å². The number of hydrogen-bond acceptors (Lipinski definition) is 28. The van der Waals surface area contributed by atoms with E-state index in [0.717, 1.165) is 16.7 Å². The zero-order valence-corrected chi connectivity index (χ0v) is 82.7. The lowest BCUT2D eigenvalue weighted by Crippen LogP contribution is -2.20. The van der Waals surface area contributed by atoms with Gasteiger partial charge < -0.3 is 77.3 Å². The Hall–Kier alpha value is -14.5. The Labute approximate surface area is 908 Å². The molecule has 0 saturated carbocycles. The summed E-state index contributed by atoms with van der Waals surface area (Å²) in [5.74, 6) is -1.78. The van der Waals surface area contributed by atoms with Gasteiger partial charge in [-0.1, -0.05) is 24.2 Å². The van der Waals surface area contributed by atoms with Crippen LogP contribution in [0.4, 0.5) is 26.3 Å². The molecule has 0 saturated heterocycles. The van der Waals surface area contributed by atoms with E-state index in [-0.39, 0.29) is 147 Å². The number of nitrogens with one attached hydrogen (secondary N) is 6. The van der Waals surface area contributed by atoms with Crippen LogP contribution >= 0.6 is 0 Å². The molecule has 6 aromatic carbocycles. The Morgan fingerprint density at radius 3 is 0.993 bits per heavy atom. The number of H-pyrrole nitrogens is 6. The maximum atomic E-state index is 13.3. The van der Waals surface area contributed by atoms with Crippen LogP contribution in [0.2, 0.25) is 0 Å². The van der Waals surface area contributed by atoms with Crippen molar-refractivity contribution in [2.24, 2.45) is 0 Å². The maximum absolute atomic E-state index is 13.3. The van der Waals surface area contributed by atoms with Crippen molar-refractivity contribution in [3.8, 4) is 57.5 Å². The van der Waals surface area contributed by atoms with E-state index >= 15 is 0 Å². The summed E-state index contributed by atoms with van der Waals surface area (Å²) in [4.78, 5) is 63.4. The number of hydrogen-bond donors (Lipinski definition) is 6. The van der Waals surface area contributed by atoms with E-state index in [4.69, 9.17) is 95.5 Å². The van der Waals surface area contributed by atoms with Crippen molar-refractivity contribution in [3.05, 3.63) is 260 Å². The number of alkyl halides is 6. The molecule has 0 aliphatic rings. The largest absolute Gasteiger partial charge is 0.497 e. The maximum Gasteiger partial charge on any atom is 0.422 e. The molecule has 34 nitrogen and oxygen atoms in total. The van der Waals surface area contributed by atoms with E-state index in [1.807, 2.05) is 20.8 Å². The second kappa shape index (κ2) is 48.9. The highest BCUT2D eigenvalue weighted by atomic mass is 32.2. The topological polar surface area (TPSA) is 444 Å². The summed E-state index contributed by atoms with van der Waals surface area (Å²) in [6.07, 6.45) is -7.92. The van der Waals surface area contributed by atoms with Gasteiger partial charge in [0.25, 0.3) is 0 Å². The second-order valence-corrected chi connectivity index (χ2v) is 36.3. The molecule has 18 aromatic rings. The minimum atomic E-state index is -5.75. The summed E-state index contributed by atoms with van der Waals surface area (Å²) in [5, 5.41) is -1.68. The smallest absolute Gasteiger partial charge is 0.422 e. The van der Waals surface area contributed by atoms with Crippen molar-refractivity contribution in [1.82, 2.24) is 89.7 Å². The summed E-state index contributed by atoms with van der Waals surface area (Å²) in [5.41, 5.74) is -11.0. The first-order chi connectivity index (χ1) is 86.6. The number of ether oxygens (including phenoxy) is 10. The van der Waals surface area contributed by atoms with E-state index in [2.05, 4.69) is 99.2 Å². The van der Waals surface area contributed by atoms with Crippen molar-refractivity contribution in [2.75, 3.05) is 69.9 Å². The monoisotopic (exact) mass is 2160 g/mol. The number of fused-ring (bicyclic) bond motifs is 6. The third-order valence-electron chi connectivity index (χ3n) is 19.4. The predicted octanol–water partition coefficient (Wildman–Crippen LogP) is 18.6. The molecular formula is C100H104F6N18O16S6. The lowest BCUT2D eigenvalue weighted by molar-refractivity contribution is -0.154. The van der Waals surface area contributed by atoms with Gasteiger partial charge in [0, 0.05) is 140 Å². The number of aromatic nitrogens is 18. The quantitative estimate of drug-likeness (QED) is 0.0228. The van der Waals surface area contributed by atoms with Crippen LogP contribution in [-0.2, 0) is 99.1 Å². The van der Waals surface area contributed by atoms with E-state index in [0.29, 0.717) is 62.0 Å². The third-order valence-corrected chi connectivity index (χ3v) is 25.4. The molecule has 6 N–H and O–H groups in total. The number of aromatic amines is 6. The van der Waals surface area contributed by atoms with Gasteiger partial charge in [-0.15, -0.1) is 0 Å². The number of nitrogens with zero attached hydrogens (tertiary/aromatic N) is 12. The number of imidazole rings is 6. The molecule has 0 aliphatic carbocycles. The lowest BCUT2D eigenvalue weighted by atomic mass is 10.1. The summed E-state index contributed by atoms with van der Waals surface area (Å²) < 4.78 is 535. The molecule has 6 atom stereocenters. The number of rotatable bonds is 30. The standard InChI is InChI=1S/4C17H19N3O3S.2C16H14F3N3O2S/c4*1-10-8-18-15(11(2)16(10)23-4)9-24(21)17-19-13-6-5-12(22-3)7-14(13)20-17;2*1-10-13(20-7-6-14(10)24-9-16(17,18)19)8-25(23)15-21-11-4-2-3-5-12(11)22-15/h4*5-8H,9H2,1-4H3,(H,19,20);2*2-7H,8-9H2,1H3,(H,21,22)/i5D,6D,7D,9D2;5D,6D,7D;2D3,3D3,9D2;9D2;1D3,2D,3D,4D,5D,6D,7D,8D2,9D2;1D3,2D,3D,4D,5D,6D,7D,9D2. The molecule has 18 rings (SSSR count). The molecule has 12 aromatic heterocycles. The lowest BCUT2D eigenvalue weighted by Gasteiger charge is -2.13. The zero-order chi connectivity index (χ0) is 142. The fourth-order valence-corrected chi connectivity index (χ4v) is 18.0. The normalized spacial score (nSPS) is 17.7. The van der Waals surface area contributed by atoms with Crippen molar-refractivity contribution < 1.29 is 157 Å². The molecule has 0 amide bonds. The molecule has 0 bridgehead atoms. The van der Waals surface area contributed by atoms with Crippen LogP contribution in [0, 0.1) is 69.0 Å². The zero-order valence-electron chi connectivity index (χ0n) is 120. The fraction of sp³-hybridized carbons (Fsp3) is 0.280. The van der Waals surface area contributed by atoms with Gasteiger partial charge in [0.2, 0.25) is 0 Å². The summed E-state index contributed by atoms with van der Waals surface area (Å²) in [6.45, 7) is -6.56. The molecule has 146 heavy (non-hydrogen) atoms. The highest BCUT2D eigenvalue weighted by Gasteiger charge is 2.32. The number of methoxy groups -OCH3 is 8. The van der Waals surface area contributed by atoms with Crippen molar-refractivity contribution in [2.45, 2.75) is 147 Å². The average Bonchev–Trinajstić information content (AvgIpc) is 1.26. The molecule has 46 heteroatoms. The Kier molecular flexibility index (Phi) is 21.8. The van der Waals surface area contributed by atoms with Gasteiger partial charge in [-0.3, -0.25) is 55.2 Å². The number of aryl methyl sites for hydroxylation is 4. The fourth-order valence-electron chi connectivity index (χ4n) is 12.6. The Balaban J connectivity index is 0.000000183. The number of benzene rings is 6. The second-order valence-electron chi connectivity index (χ2n) is 29.0. The molecule has 768 valence electrons. The first-order valence-corrected chi connectivity index (χ1v) is 48.1. The van der Waals surface area contributed by atoms with Crippen LogP contribution in [0.1, 0.15) is 147 Å². The van der Waals surface area contributed by atoms with Gasteiger partial charge >= 0.3 is 12.4 Å². The molecule has 0 spiro atoms. The molecule has 0 radical (unpaired) electrons. The van der Waals surface area contributed by atoms with E-state index in [1.165, 1.54) is 72.3 Å².